The number of aliphatic hydroxyl groups is 2. The molecule has 48 heavy (non-hydrogen) atoms. The van der Waals surface area contributed by atoms with Crippen molar-refractivity contribution in [2.45, 2.75) is 0 Å². The summed E-state index contributed by atoms with van der Waals surface area (Å²) in [6, 6.07) is 20.2. The van der Waals surface area contributed by atoms with Crippen molar-refractivity contribution in [3.8, 4) is 34.5 Å². The molecule has 0 saturated carbocycles. The molecule has 16 heteroatoms. The van der Waals surface area contributed by atoms with E-state index in [1.54, 1.807) is 12.1 Å². The average molecular weight is 760 g/mol. The maximum Gasteiger partial charge on any atom is 2.00 e. The molecule has 0 aromatic heterocycles. The standard InChI is InChI=1S/2C15H14N2O4.2CH4O.2Cu/c2*1-21-13-7-4-11(14(19)8-13)9-16-17-15(20)10-2-5-12(18)6-3-10;2*1-2;;/h2*2-9,18-19H,1H3,(H,17,20);2*2H,1H3;;/q;;;;2*+2/p-4/b2*16-9+;;;;. The monoisotopic (exact) mass is 758 g/mol. The summed E-state index contributed by atoms with van der Waals surface area (Å²) >= 11 is 0. The van der Waals surface area contributed by atoms with Crippen molar-refractivity contribution in [3.05, 3.63) is 107 Å². The van der Waals surface area contributed by atoms with Crippen LogP contribution in [-0.2, 0) is 34.1 Å². The van der Waals surface area contributed by atoms with Crippen molar-refractivity contribution < 1.29 is 84.5 Å². The molecule has 14 nitrogen and oxygen atoms in total. The van der Waals surface area contributed by atoms with Crippen LogP contribution in [0.5, 0.6) is 34.5 Å². The average Bonchev–Trinajstić information content (AvgIpc) is 3.08. The van der Waals surface area contributed by atoms with Gasteiger partial charge in [0.1, 0.15) is 23.0 Å². The van der Waals surface area contributed by atoms with Crippen molar-refractivity contribution in [1.29, 1.82) is 0 Å². The summed E-state index contributed by atoms with van der Waals surface area (Å²) in [5, 5.41) is 93.1. The fraction of sp³-hybridized carbons (Fsp3) is 0.125. The number of nitrogens with zero attached hydrogens (tertiary/aromatic N) is 4. The van der Waals surface area contributed by atoms with Gasteiger partial charge in [-0.15, -0.1) is 0 Å². The normalized spacial score (nSPS) is 10.5. The van der Waals surface area contributed by atoms with Gasteiger partial charge in [-0.1, -0.05) is 47.9 Å². The molecule has 0 heterocycles. The van der Waals surface area contributed by atoms with Crippen LogP contribution in [0.1, 0.15) is 22.3 Å². The fourth-order valence-electron chi connectivity index (χ4n) is 3.11. The minimum Gasteiger partial charge on any atom is -0.872 e. The number of methoxy groups -OCH3 is 2. The first kappa shape index (κ1) is 45.0. The van der Waals surface area contributed by atoms with E-state index in [2.05, 4.69) is 20.4 Å². The summed E-state index contributed by atoms with van der Waals surface area (Å²) in [6.07, 6.45) is 2.42. The summed E-state index contributed by atoms with van der Waals surface area (Å²) < 4.78 is 9.84. The Labute approximate surface area is 298 Å². The Morgan fingerprint density at radius 3 is 1.15 bits per heavy atom. The van der Waals surface area contributed by atoms with Crippen LogP contribution in [0.3, 0.4) is 0 Å². The molecule has 262 valence electrons. The smallest absolute Gasteiger partial charge is 0.872 e. The van der Waals surface area contributed by atoms with Crippen LogP contribution in [0.15, 0.2) is 105 Å². The van der Waals surface area contributed by atoms with Gasteiger partial charge in [0.15, 0.2) is 0 Å². The van der Waals surface area contributed by atoms with E-state index in [-0.39, 0.29) is 57.1 Å². The number of hydrogen-bond acceptors (Lipinski definition) is 14. The second-order valence-corrected chi connectivity index (χ2v) is 8.20. The predicted octanol–water partition coefficient (Wildman–Crippen LogP) is 0.443. The molecule has 0 aliphatic rings. The number of aliphatic hydroxyl groups excluding tert-OH is 2. The molecule has 4 aromatic rings. The molecule has 4 N–H and O–H groups in total. The summed E-state index contributed by atoms with van der Waals surface area (Å²) in [7, 11) is 4.93. The minimum atomic E-state index is -0.563. The quantitative estimate of drug-likeness (QED) is 0.0837. The zero-order valence-corrected chi connectivity index (χ0v) is 27.8. The van der Waals surface area contributed by atoms with Crippen LogP contribution >= 0.6 is 0 Å². The van der Waals surface area contributed by atoms with Gasteiger partial charge in [-0.3, -0.25) is 0 Å². The van der Waals surface area contributed by atoms with Crippen LogP contribution in [0.2, 0.25) is 0 Å². The van der Waals surface area contributed by atoms with E-state index in [1.165, 1.54) is 99.4 Å². The number of phenols is 2. The Morgan fingerprint density at radius 1 is 0.562 bits per heavy atom. The third kappa shape index (κ3) is 15.5. The Hall–Kier alpha value is -5.08. The largest absolute Gasteiger partial charge is 2.00 e. The van der Waals surface area contributed by atoms with Gasteiger partial charge in [-0.2, -0.15) is 20.4 Å². The first-order valence-electron chi connectivity index (χ1n) is 12.9. The van der Waals surface area contributed by atoms with Gasteiger partial charge in [-0.05, 0) is 70.8 Å². The Morgan fingerprint density at radius 2 is 0.875 bits per heavy atom. The van der Waals surface area contributed by atoms with Gasteiger partial charge in [0, 0.05) is 26.0 Å². The van der Waals surface area contributed by atoms with Gasteiger partial charge >= 0.3 is 34.1 Å². The molecular weight excluding hydrogens is 727 g/mol. The predicted molar refractivity (Wildman–Crippen MR) is 166 cm³/mol. The molecule has 0 saturated heterocycles. The van der Waals surface area contributed by atoms with Crippen LogP contribution < -0.4 is 29.9 Å². The van der Waals surface area contributed by atoms with Gasteiger partial charge < -0.3 is 50.3 Å². The Balaban J connectivity index is 0. The van der Waals surface area contributed by atoms with E-state index >= 15 is 0 Å². The van der Waals surface area contributed by atoms with Gasteiger partial charge in [0.05, 0.1) is 26.6 Å². The van der Waals surface area contributed by atoms with Crippen molar-refractivity contribution >= 4 is 24.2 Å². The molecule has 0 bridgehead atoms. The van der Waals surface area contributed by atoms with Crippen molar-refractivity contribution in [2.24, 2.45) is 20.4 Å². The number of benzene rings is 4. The van der Waals surface area contributed by atoms with Crippen molar-refractivity contribution in [1.82, 2.24) is 0 Å². The summed E-state index contributed by atoms with van der Waals surface area (Å²) in [5.74, 6) is -0.646. The number of aromatic hydroxyl groups is 2. The van der Waals surface area contributed by atoms with E-state index in [0.717, 1.165) is 14.2 Å². The van der Waals surface area contributed by atoms with Crippen LogP contribution in [0.4, 0.5) is 0 Å². The van der Waals surface area contributed by atoms with E-state index in [4.69, 9.17) is 29.9 Å². The second-order valence-electron chi connectivity index (χ2n) is 8.20. The topological polar surface area (TPSA) is 241 Å². The maximum atomic E-state index is 11.7. The van der Waals surface area contributed by atoms with E-state index in [0.29, 0.717) is 33.8 Å². The molecule has 0 aliphatic carbocycles. The maximum absolute atomic E-state index is 11.7. The van der Waals surface area contributed by atoms with E-state index in [9.17, 15) is 20.4 Å². The minimum absolute atomic E-state index is 0. The fourth-order valence-corrected chi connectivity index (χ4v) is 3.11. The third-order valence-corrected chi connectivity index (χ3v) is 5.36. The second kappa shape index (κ2) is 25.1. The third-order valence-electron chi connectivity index (χ3n) is 5.36. The Bertz CT molecular complexity index is 1500. The molecule has 0 unspecified atom stereocenters. The summed E-state index contributed by atoms with van der Waals surface area (Å²) in [4.78, 5) is 0. The van der Waals surface area contributed by atoms with Crippen LogP contribution in [0.25, 0.3) is 0 Å². The zero-order chi connectivity index (χ0) is 34.5. The number of ether oxygens (including phenoxy) is 2. The number of hydrogen-bond donors (Lipinski definition) is 4. The van der Waals surface area contributed by atoms with Crippen molar-refractivity contribution in [2.75, 3.05) is 28.4 Å². The molecule has 4 aromatic carbocycles. The Kier molecular flexibility index (Phi) is 23.5. The first-order valence-corrected chi connectivity index (χ1v) is 12.9. The SMILES string of the molecule is CO.CO.COc1ccc(/C=N/N=C(\[O-])c2ccc(O)cc2)c([O-])c1.COc1ccc(/C=N/N=C(\[O-])c2ccc(O)cc2)c([O-])c1.[Cu+2].[Cu+2]. The molecular formula is C32H32Cu2N4O10. The van der Waals surface area contributed by atoms with Gasteiger partial charge in [0.2, 0.25) is 0 Å². The first-order chi connectivity index (χ1) is 22.2. The zero-order valence-electron chi connectivity index (χ0n) is 25.9. The van der Waals surface area contributed by atoms with Gasteiger partial charge in [0.25, 0.3) is 0 Å². The molecule has 0 aliphatic heterocycles. The molecule has 0 amide bonds. The molecule has 0 atom stereocenters. The van der Waals surface area contributed by atoms with E-state index in [1.807, 2.05) is 0 Å². The number of phenolic OH excluding ortho intramolecular Hbond substituents is 2. The van der Waals surface area contributed by atoms with Crippen LogP contribution in [0, 0.1) is 0 Å². The molecule has 0 spiro atoms. The molecule has 0 fully saturated rings. The summed E-state index contributed by atoms with van der Waals surface area (Å²) in [6.45, 7) is 0. The van der Waals surface area contributed by atoms with E-state index < -0.39 is 11.8 Å². The molecule has 2 radical (unpaired) electrons. The van der Waals surface area contributed by atoms with Crippen LogP contribution in [-0.4, -0.2) is 73.1 Å². The summed E-state index contributed by atoms with van der Waals surface area (Å²) in [5.41, 5.74) is 1.19. The van der Waals surface area contributed by atoms with Crippen molar-refractivity contribution in [3.63, 3.8) is 0 Å². The molecule has 4 rings (SSSR count). The van der Waals surface area contributed by atoms with Gasteiger partial charge in [-0.25, -0.2) is 0 Å². The number of rotatable bonds is 8.